The van der Waals surface area contributed by atoms with Crippen LogP contribution >= 0.6 is 0 Å². The van der Waals surface area contributed by atoms with Gasteiger partial charge in [0.2, 0.25) is 11.9 Å². The molecule has 3 aromatic rings. The van der Waals surface area contributed by atoms with E-state index < -0.39 is 14.5 Å². The molecule has 1 aromatic carbocycles. The van der Waals surface area contributed by atoms with E-state index in [9.17, 15) is 4.21 Å². The first-order valence-electron chi connectivity index (χ1n) is 10.0. The molecular formula is C20H25N7O2S. The number of anilines is 2. The highest BCUT2D eigenvalue weighted by molar-refractivity contribution is 7.92. The summed E-state index contributed by atoms with van der Waals surface area (Å²) in [5.41, 5.74) is 8.45. The molecule has 10 heteroatoms. The van der Waals surface area contributed by atoms with Gasteiger partial charge in [0, 0.05) is 18.9 Å². The van der Waals surface area contributed by atoms with Crippen molar-refractivity contribution in [2.24, 2.45) is 0 Å². The van der Waals surface area contributed by atoms with E-state index in [0.717, 1.165) is 16.9 Å². The van der Waals surface area contributed by atoms with Crippen LogP contribution in [0.15, 0.2) is 30.3 Å². The molecule has 0 unspecified atom stereocenters. The maximum Gasteiger partial charge on any atom is 0.239 e. The number of para-hydroxylation sites is 2. The normalized spacial score (nSPS) is 22.7. The van der Waals surface area contributed by atoms with E-state index in [1.165, 1.54) is 6.26 Å². The van der Waals surface area contributed by atoms with Gasteiger partial charge in [0.15, 0.2) is 0 Å². The van der Waals surface area contributed by atoms with Crippen molar-refractivity contribution in [1.29, 1.82) is 4.78 Å². The summed E-state index contributed by atoms with van der Waals surface area (Å²) in [7, 11) is -2.83. The highest BCUT2D eigenvalue weighted by atomic mass is 32.2. The van der Waals surface area contributed by atoms with E-state index in [0.29, 0.717) is 50.2 Å². The van der Waals surface area contributed by atoms with E-state index >= 15 is 0 Å². The summed E-state index contributed by atoms with van der Waals surface area (Å²) < 4.78 is 27.7. The van der Waals surface area contributed by atoms with Crippen molar-refractivity contribution < 1.29 is 8.95 Å². The van der Waals surface area contributed by atoms with Gasteiger partial charge in [-0.25, -0.2) is 18.7 Å². The van der Waals surface area contributed by atoms with Gasteiger partial charge in [-0.2, -0.15) is 4.98 Å². The van der Waals surface area contributed by atoms with Crippen LogP contribution in [0.5, 0.6) is 0 Å². The van der Waals surface area contributed by atoms with Crippen LogP contribution < -0.4 is 10.6 Å². The summed E-state index contributed by atoms with van der Waals surface area (Å²) in [6, 6.07) is 9.67. The number of fused-ring (bicyclic) bond motifs is 1. The van der Waals surface area contributed by atoms with E-state index in [4.69, 9.17) is 25.2 Å². The predicted octanol–water partition coefficient (Wildman–Crippen LogP) is 2.29. The summed E-state index contributed by atoms with van der Waals surface area (Å²) >= 11 is 0. The first-order chi connectivity index (χ1) is 14.3. The molecule has 30 heavy (non-hydrogen) atoms. The smallest absolute Gasteiger partial charge is 0.239 e. The molecule has 3 heterocycles. The zero-order chi connectivity index (χ0) is 21.1. The summed E-state index contributed by atoms with van der Waals surface area (Å²) in [5.74, 6) is 1.42. The van der Waals surface area contributed by atoms with Gasteiger partial charge in [-0.3, -0.25) is 4.78 Å². The average molecular weight is 428 g/mol. The lowest BCUT2D eigenvalue weighted by Gasteiger charge is -2.34. The van der Waals surface area contributed by atoms with Crippen molar-refractivity contribution in [3.05, 3.63) is 36.0 Å². The summed E-state index contributed by atoms with van der Waals surface area (Å²) in [5, 5.41) is 0. The Morgan fingerprint density at radius 1 is 1.27 bits per heavy atom. The number of nitrogen functional groups attached to an aromatic ring is 1. The Hall–Kier alpha value is -2.72. The maximum atomic E-state index is 12.8. The minimum absolute atomic E-state index is 0.142. The van der Waals surface area contributed by atoms with Gasteiger partial charge in [-0.15, -0.1) is 0 Å². The monoisotopic (exact) mass is 427 g/mol. The van der Waals surface area contributed by atoms with Crippen LogP contribution in [0.25, 0.3) is 17.0 Å². The molecule has 0 amide bonds. The summed E-state index contributed by atoms with van der Waals surface area (Å²) in [6.07, 6.45) is 2.86. The Balaban J connectivity index is 1.74. The van der Waals surface area contributed by atoms with Crippen LogP contribution in [-0.4, -0.2) is 55.8 Å². The molecule has 2 atom stereocenters. The standard InChI is InChI=1S/C20H25N7O2S/c1-13-12-29-10-9-26(13)17-11-16(20(7-8-20)30(2,22)28)24-19(25-17)27-15-6-4-3-5-14(15)23-18(27)21/h3-6,11,13,22H,7-10,12H2,1-2H3,(H2,21,23)/t13-,30-/m1/s1. The molecule has 3 N–H and O–H groups in total. The molecule has 0 spiro atoms. The van der Waals surface area contributed by atoms with Crippen LogP contribution in [0.3, 0.4) is 0 Å². The molecule has 2 aliphatic rings. The van der Waals surface area contributed by atoms with Crippen molar-refractivity contribution in [3.63, 3.8) is 0 Å². The van der Waals surface area contributed by atoms with Gasteiger partial charge in [0.25, 0.3) is 0 Å². The quantitative estimate of drug-likeness (QED) is 0.655. The van der Waals surface area contributed by atoms with Crippen LogP contribution in [0, 0.1) is 4.78 Å². The number of benzene rings is 1. The third-order valence-electron chi connectivity index (χ3n) is 6.07. The van der Waals surface area contributed by atoms with Crippen molar-refractivity contribution in [2.45, 2.75) is 30.6 Å². The minimum atomic E-state index is -2.83. The second-order valence-electron chi connectivity index (χ2n) is 8.16. The van der Waals surface area contributed by atoms with Crippen LogP contribution in [0.4, 0.5) is 11.8 Å². The van der Waals surface area contributed by atoms with E-state index in [2.05, 4.69) is 16.8 Å². The third-order valence-corrected chi connectivity index (χ3v) is 8.17. The third kappa shape index (κ3) is 2.93. The predicted molar refractivity (Wildman–Crippen MR) is 116 cm³/mol. The number of rotatable bonds is 4. The van der Waals surface area contributed by atoms with Crippen LogP contribution in [-0.2, 0) is 19.2 Å². The van der Waals surface area contributed by atoms with Gasteiger partial charge in [0.05, 0.1) is 50.5 Å². The molecule has 9 nitrogen and oxygen atoms in total. The topological polar surface area (TPSA) is 123 Å². The molecular weight excluding hydrogens is 402 g/mol. The molecule has 0 bridgehead atoms. The number of nitrogens with zero attached hydrogens (tertiary/aromatic N) is 5. The number of aromatic nitrogens is 4. The maximum absolute atomic E-state index is 12.8. The average Bonchev–Trinajstić information content (AvgIpc) is 3.46. The molecule has 1 saturated heterocycles. The lowest BCUT2D eigenvalue weighted by molar-refractivity contribution is 0.0985. The van der Waals surface area contributed by atoms with Crippen molar-refractivity contribution in [2.75, 3.05) is 36.6 Å². The first kappa shape index (κ1) is 19.3. The number of hydrogen-bond acceptors (Lipinski definition) is 8. The second kappa shape index (κ2) is 6.64. The highest BCUT2D eigenvalue weighted by Gasteiger charge is 2.53. The fourth-order valence-electron chi connectivity index (χ4n) is 4.18. The SMILES string of the molecule is C[C@@H]1COCCN1c1cc(C2([S@](C)(=N)=O)CC2)nc(-n2c(N)nc3ccccc32)n1. The Morgan fingerprint density at radius 3 is 2.73 bits per heavy atom. The summed E-state index contributed by atoms with van der Waals surface area (Å²) in [6.45, 7) is 4.01. The molecule has 2 aromatic heterocycles. The molecule has 158 valence electrons. The number of imidazole rings is 1. The van der Waals surface area contributed by atoms with Crippen molar-refractivity contribution >= 4 is 32.5 Å². The molecule has 1 aliphatic heterocycles. The lowest BCUT2D eigenvalue weighted by Crippen LogP contribution is -2.44. The van der Waals surface area contributed by atoms with Gasteiger partial charge in [-0.1, -0.05) is 12.1 Å². The molecule has 2 fully saturated rings. The summed E-state index contributed by atoms with van der Waals surface area (Å²) in [4.78, 5) is 16.2. The first-order valence-corrected chi connectivity index (χ1v) is 12.0. The highest BCUT2D eigenvalue weighted by Crippen LogP contribution is 2.52. The van der Waals surface area contributed by atoms with Gasteiger partial charge < -0.3 is 15.4 Å². The second-order valence-corrected chi connectivity index (χ2v) is 10.6. The molecule has 5 rings (SSSR count). The van der Waals surface area contributed by atoms with Crippen LogP contribution in [0.1, 0.15) is 25.5 Å². The zero-order valence-corrected chi connectivity index (χ0v) is 17.9. The van der Waals surface area contributed by atoms with Gasteiger partial charge >= 0.3 is 0 Å². The Morgan fingerprint density at radius 2 is 2.03 bits per heavy atom. The number of hydrogen-bond donors (Lipinski definition) is 2. The van der Waals surface area contributed by atoms with E-state index in [1.807, 2.05) is 30.3 Å². The number of morpholine rings is 1. The fraction of sp³-hybridized carbons (Fsp3) is 0.450. The molecule has 0 radical (unpaired) electrons. The Labute approximate surface area is 175 Å². The van der Waals surface area contributed by atoms with Crippen LogP contribution in [0.2, 0.25) is 0 Å². The minimum Gasteiger partial charge on any atom is -0.377 e. The largest absolute Gasteiger partial charge is 0.377 e. The number of nitrogens with two attached hydrogens (primary N) is 1. The Bertz CT molecular complexity index is 1230. The van der Waals surface area contributed by atoms with E-state index in [-0.39, 0.29) is 6.04 Å². The fourth-order valence-corrected chi connectivity index (χ4v) is 5.57. The Kier molecular flexibility index (Phi) is 4.26. The van der Waals surface area contributed by atoms with Gasteiger partial charge in [-0.05, 0) is 31.9 Å². The molecule has 1 aliphatic carbocycles. The zero-order valence-electron chi connectivity index (χ0n) is 17.0. The molecule has 1 saturated carbocycles. The van der Waals surface area contributed by atoms with Gasteiger partial charge in [0.1, 0.15) is 5.82 Å². The number of ether oxygens (including phenoxy) is 1. The van der Waals surface area contributed by atoms with E-state index in [1.54, 1.807) is 4.57 Å². The van der Waals surface area contributed by atoms with Crippen molar-refractivity contribution in [3.8, 4) is 5.95 Å². The number of nitrogens with one attached hydrogen (secondary N) is 1. The van der Waals surface area contributed by atoms with Crippen molar-refractivity contribution in [1.82, 2.24) is 19.5 Å². The lowest BCUT2D eigenvalue weighted by atomic mass is 10.2.